The minimum atomic E-state index is -0.698. The van der Waals surface area contributed by atoms with Gasteiger partial charge in [0.1, 0.15) is 29.5 Å². The Hall–Kier alpha value is -3.45. The number of ether oxygens (including phenoxy) is 1. The molecule has 1 aliphatic rings. The number of rotatable bonds is 6. The first kappa shape index (κ1) is 20.8. The lowest BCUT2D eigenvalue weighted by molar-refractivity contribution is 0.0182. The van der Waals surface area contributed by atoms with E-state index < -0.39 is 5.60 Å². The van der Waals surface area contributed by atoms with Gasteiger partial charge in [0, 0.05) is 11.6 Å². The van der Waals surface area contributed by atoms with Gasteiger partial charge in [-0.25, -0.2) is 9.97 Å². The van der Waals surface area contributed by atoms with Crippen molar-refractivity contribution >= 4 is 17.3 Å². The Morgan fingerprint density at radius 2 is 1.84 bits per heavy atom. The summed E-state index contributed by atoms with van der Waals surface area (Å²) < 4.78 is 5.83. The van der Waals surface area contributed by atoms with Crippen LogP contribution in [0.1, 0.15) is 43.7 Å². The van der Waals surface area contributed by atoms with E-state index in [-0.39, 0.29) is 17.6 Å². The van der Waals surface area contributed by atoms with Crippen LogP contribution < -0.4 is 15.8 Å². The van der Waals surface area contributed by atoms with Crippen LogP contribution in [0.3, 0.4) is 0 Å². The number of para-hydroxylation sites is 1. The fourth-order valence-electron chi connectivity index (χ4n) is 3.99. The predicted molar refractivity (Wildman–Crippen MR) is 122 cm³/mol. The zero-order valence-corrected chi connectivity index (χ0v) is 17.5. The number of hydrogen-bond acceptors (Lipinski definition) is 7. The number of nitrogen functional groups attached to an aromatic ring is 1. The number of nitrogens with one attached hydrogen (secondary N) is 2. The monoisotopic (exact) mass is 417 g/mol. The van der Waals surface area contributed by atoms with Gasteiger partial charge in [-0.2, -0.15) is 0 Å². The van der Waals surface area contributed by atoms with Gasteiger partial charge < -0.3 is 20.9 Å². The van der Waals surface area contributed by atoms with Gasteiger partial charge in [0.15, 0.2) is 0 Å². The Morgan fingerprint density at radius 1 is 1.13 bits per heavy atom. The van der Waals surface area contributed by atoms with Crippen molar-refractivity contribution < 1.29 is 9.84 Å². The number of aromatic nitrogens is 2. The second-order valence-corrected chi connectivity index (χ2v) is 8.23. The summed E-state index contributed by atoms with van der Waals surface area (Å²) in [5, 5.41) is 22.5. The summed E-state index contributed by atoms with van der Waals surface area (Å²) in [7, 11) is 0. The highest BCUT2D eigenvalue weighted by atomic mass is 16.5. The fourth-order valence-corrected chi connectivity index (χ4v) is 3.99. The lowest BCUT2D eigenvalue weighted by Crippen LogP contribution is -2.38. The van der Waals surface area contributed by atoms with E-state index in [1.54, 1.807) is 0 Å². The molecule has 4 rings (SSSR count). The summed E-state index contributed by atoms with van der Waals surface area (Å²) >= 11 is 0. The van der Waals surface area contributed by atoms with Gasteiger partial charge in [0.2, 0.25) is 0 Å². The summed E-state index contributed by atoms with van der Waals surface area (Å²) in [6.45, 7) is 1.86. The number of aliphatic hydroxyl groups is 1. The van der Waals surface area contributed by atoms with Crippen LogP contribution in [0.5, 0.6) is 11.5 Å². The normalized spacial score (nSPS) is 20.8. The Labute approximate surface area is 181 Å². The Balaban J connectivity index is 1.54. The molecule has 0 radical (unpaired) electrons. The highest BCUT2D eigenvalue weighted by Crippen LogP contribution is 2.31. The third-order valence-corrected chi connectivity index (χ3v) is 5.54. The summed E-state index contributed by atoms with van der Waals surface area (Å²) in [5.74, 6) is 2.20. The van der Waals surface area contributed by atoms with E-state index in [0.717, 1.165) is 25.0 Å². The van der Waals surface area contributed by atoms with E-state index in [4.69, 9.17) is 15.9 Å². The average molecular weight is 418 g/mol. The van der Waals surface area contributed by atoms with Crippen molar-refractivity contribution in [2.24, 2.45) is 0 Å². The minimum Gasteiger partial charge on any atom is -0.457 e. The van der Waals surface area contributed by atoms with Crippen molar-refractivity contribution in [1.82, 2.24) is 9.97 Å². The molecular formula is C24H27N5O2. The second-order valence-electron chi connectivity index (χ2n) is 8.23. The first-order valence-corrected chi connectivity index (χ1v) is 10.4. The molecule has 2 atom stereocenters. The smallest absolute Gasteiger partial charge is 0.141 e. The van der Waals surface area contributed by atoms with Crippen LogP contribution in [0.25, 0.3) is 0 Å². The molecule has 0 saturated heterocycles. The topological polar surface area (TPSA) is 117 Å². The van der Waals surface area contributed by atoms with E-state index >= 15 is 0 Å². The van der Waals surface area contributed by atoms with Crippen molar-refractivity contribution in [3.63, 3.8) is 0 Å². The van der Waals surface area contributed by atoms with E-state index in [0.29, 0.717) is 29.1 Å². The molecule has 5 N–H and O–H groups in total. The number of hydrogen-bond donors (Lipinski definition) is 4. The molecule has 1 fully saturated rings. The lowest BCUT2D eigenvalue weighted by atomic mass is 9.83. The Bertz CT molecular complexity index is 1050. The van der Waals surface area contributed by atoms with Crippen molar-refractivity contribution in [2.75, 3.05) is 11.1 Å². The van der Waals surface area contributed by atoms with Gasteiger partial charge in [-0.05, 0) is 69.0 Å². The molecule has 3 aromatic rings. The molecule has 1 aliphatic carbocycles. The molecule has 1 unspecified atom stereocenters. The molecule has 0 aliphatic heterocycles. The van der Waals surface area contributed by atoms with Crippen LogP contribution in [-0.2, 0) is 0 Å². The maximum Gasteiger partial charge on any atom is 0.141 e. The summed E-state index contributed by atoms with van der Waals surface area (Å²) in [4.78, 5) is 8.45. The number of nitrogens with zero attached hydrogens (tertiary/aromatic N) is 2. The number of benzene rings is 2. The molecule has 7 nitrogen and oxygen atoms in total. The highest BCUT2D eigenvalue weighted by Gasteiger charge is 2.30. The summed E-state index contributed by atoms with van der Waals surface area (Å²) in [6, 6.07) is 16.9. The SMILES string of the molecule is C[C@]1(O)CCCC(Nc2ncnc(N)c2C(=N)c2ccc(Oc3ccccc3)cc2)C1. The van der Waals surface area contributed by atoms with Crippen molar-refractivity contribution in [3.8, 4) is 11.5 Å². The van der Waals surface area contributed by atoms with Crippen molar-refractivity contribution in [2.45, 2.75) is 44.2 Å². The maximum absolute atomic E-state index is 10.4. The second kappa shape index (κ2) is 8.73. The zero-order chi connectivity index (χ0) is 21.8. The highest BCUT2D eigenvalue weighted by molar-refractivity contribution is 6.16. The minimum absolute atomic E-state index is 0.0613. The molecule has 1 aromatic heterocycles. The third-order valence-electron chi connectivity index (χ3n) is 5.54. The molecular weight excluding hydrogens is 390 g/mol. The van der Waals surface area contributed by atoms with Crippen LogP contribution in [0.2, 0.25) is 0 Å². The molecule has 0 bridgehead atoms. The van der Waals surface area contributed by atoms with Crippen LogP contribution in [0, 0.1) is 5.41 Å². The van der Waals surface area contributed by atoms with Gasteiger partial charge in [-0.15, -0.1) is 0 Å². The van der Waals surface area contributed by atoms with Gasteiger partial charge in [-0.1, -0.05) is 18.2 Å². The molecule has 1 saturated carbocycles. The van der Waals surface area contributed by atoms with Gasteiger partial charge in [-0.3, -0.25) is 5.41 Å². The molecule has 2 aromatic carbocycles. The Morgan fingerprint density at radius 3 is 2.55 bits per heavy atom. The number of anilines is 2. The Kier molecular flexibility index (Phi) is 5.86. The van der Waals surface area contributed by atoms with E-state index in [1.165, 1.54) is 6.33 Å². The van der Waals surface area contributed by atoms with Gasteiger partial charge in [0.05, 0.1) is 16.9 Å². The molecule has 31 heavy (non-hydrogen) atoms. The fraction of sp³-hybridized carbons (Fsp3) is 0.292. The van der Waals surface area contributed by atoms with E-state index in [9.17, 15) is 5.11 Å². The predicted octanol–water partition coefficient (Wildman–Crippen LogP) is 4.37. The molecule has 1 heterocycles. The zero-order valence-electron chi connectivity index (χ0n) is 17.5. The maximum atomic E-state index is 10.4. The molecule has 0 amide bonds. The quantitative estimate of drug-likeness (QED) is 0.442. The van der Waals surface area contributed by atoms with Crippen molar-refractivity contribution in [1.29, 1.82) is 5.41 Å². The first-order chi connectivity index (χ1) is 14.9. The van der Waals surface area contributed by atoms with Crippen LogP contribution >= 0.6 is 0 Å². The largest absolute Gasteiger partial charge is 0.457 e. The molecule has 7 heteroatoms. The average Bonchev–Trinajstić information content (AvgIpc) is 2.74. The van der Waals surface area contributed by atoms with Gasteiger partial charge >= 0.3 is 0 Å². The summed E-state index contributed by atoms with van der Waals surface area (Å²) in [6.07, 6.45) is 4.66. The van der Waals surface area contributed by atoms with E-state index in [1.807, 2.05) is 61.5 Å². The van der Waals surface area contributed by atoms with Crippen LogP contribution in [0.4, 0.5) is 11.6 Å². The lowest BCUT2D eigenvalue weighted by Gasteiger charge is -2.34. The van der Waals surface area contributed by atoms with Crippen LogP contribution in [0.15, 0.2) is 60.9 Å². The standard InChI is InChI=1S/C24H27N5O2/c1-24(30)13-5-6-17(14-24)29-23-20(22(26)27-15-28-23)21(25)16-9-11-19(12-10-16)31-18-7-3-2-4-8-18/h2-4,7-12,15,17,25,30H,5-6,13-14H2,1H3,(H3,26,27,28,29)/t17?,24-/m0/s1. The van der Waals surface area contributed by atoms with Gasteiger partial charge in [0.25, 0.3) is 0 Å². The van der Waals surface area contributed by atoms with Crippen molar-refractivity contribution in [3.05, 3.63) is 72.1 Å². The van der Waals surface area contributed by atoms with E-state index in [2.05, 4.69) is 15.3 Å². The first-order valence-electron chi connectivity index (χ1n) is 10.4. The molecule has 160 valence electrons. The number of nitrogens with two attached hydrogens (primary N) is 1. The molecule has 0 spiro atoms. The van der Waals surface area contributed by atoms with Crippen LogP contribution in [-0.4, -0.2) is 32.4 Å². The third kappa shape index (κ3) is 5.00. The summed E-state index contributed by atoms with van der Waals surface area (Å²) in [5.41, 5.74) is 6.82.